The van der Waals surface area contributed by atoms with Crippen molar-refractivity contribution < 1.29 is 18.7 Å². The predicted octanol–water partition coefficient (Wildman–Crippen LogP) is 3.73. The Morgan fingerprint density at radius 2 is 1.78 bits per heavy atom. The molecule has 0 radical (unpaired) electrons. The minimum atomic E-state index is -0.970. The molecule has 2 aromatic carbocycles. The first kappa shape index (κ1) is 17.0. The maximum Gasteiger partial charge on any atom is 0.340 e. The predicted molar refractivity (Wildman–Crippen MR) is 88.1 cm³/mol. The molecule has 4 nitrogen and oxygen atoms in total. The summed E-state index contributed by atoms with van der Waals surface area (Å²) >= 11 is 1.43. The van der Waals surface area contributed by atoms with E-state index in [1.807, 2.05) is 18.4 Å². The van der Waals surface area contributed by atoms with Gasteiger partial charge in [-0.25, -0.2) is 9.18 Å². The lowest BCUT2D eigenvalue weighted by atomic mass is 10.2. The van der Waals surface area contributed by atoms with E-state index >= 15 is 0 Å². The molecule has 0 saturated carbocycles. The summed E-state index contributed by atoms with van der Waals surface area (Å²) in [5.74, 6) is -1.43. The highest BCUT2D eigenvalue weighted by Gasteiger charge is 2.20. The second-order valence-electron chi connectivity index (χ2n) is 4.74. The molecule has 0 bridgehead atoms. The van der Waals surface area contributed by atoms with Crippen LogP contribution in [-0.4, -0.2) is 24.2 Å². The van der Waals surface area contributed by atoms with Crippen molar-refractivity contribution in [2.45, 2.75) is 17.9 Å². The SMILES string of the molecule is CSc1ccccc1C(=O)O[C@H](C)C(=O)Nc1ccc(F)cc1. The van der Waals surface area contributed by atoms with Gasteiger partial charge in [-0.2, -0.15) is 0 Å². The van der Waals surface area contributed by atoms with Crippen LogP contribution in [0.15, 0.2) is 53.4 Å². The van der Waals surface area contributed by atoms with Gasteiger partial charge in [0.05, 0.1) is 5.56 Å². The molecule has 0 unspecified atom stereocenters. The molecule has 0 aliphatic rings. The quantitative estimate of drug-likeness (QED) is 0.669. The van der Waals surface area contributed by atoms with Crippen molar-refractivity contribution in [3.63, 3.8) is 0 Å². The molecule has 120 valence electrons. The van der Waals surface area contributed by atoms with Gasteiger partial charge in [-0.3, -0.25) is 4.79 Å². The van der Waals surface area contributed by atoms with Crippen molar-refractivity contribution >= 4 is 29.3 Å². The molecular formula is C17H16FNO3S. The number of rotatable bonds is 5. The molecule has 0 heterocycles. The van der Waals surface area contributed by atoms with Crippen LogP contribution in [0.25, 0.3) is 0 Å². The largest absolute Gasteiger partial charge is 0.449 e. The van der Waals surface area contributed by atoms with E-state index in [1.165, 1.54) is 43.0 Å². The molecule has 1 amide bonds. The fraction of sp³-hybridized carbons (Fsp3) is 0.176. The highest BCUT2D eigenvalue weighted by Crippen LogP contribution is 2.21. The Labute approximate surface area is 138 Å². The summed E-state index contributed by atoms with van der Waals surface area (Å²) in [5, 5.41) is 2.57. The third kappa shape index (κ3) is 4.56. The summed E-state index contributed by atoms with van der Waals surface area (Å²) in [7, 11) is 0. The number of carbonyl (C=O) groups is 2. The summed E-state index contributed by atoms with van der Waals surface area (Å²) in [6, 6.07) is 12.4. The molecule has 1 atom stereocenters. The van der Waals surface area contributed by atoms with Gasteiger partial charge in [-0.1, -0.05) is 12.1 Å². The van der Waals surface area contributed by atoms with Crippen LogP contribution in [-0.2, 0) is 9.53 Å². The van der Waals surface area contributed by atoms with Gasteiger partial charge in [-0.05, 0) is 49.6 Å². The number of esters is 1. The first-order valence-electron chi connectivity index (χ1n) is 6.91. The van der Waals surface area contributed by atoms with Crippen LogP contribution >= 0.6 is 11.8 Å². The fourth-order valence-corrected chi connectivity index (χ4v) is 2.45. The number of thioether (sulfide) groups is 1. The van der Waals surface area contributed by atoms with Gasteiger partial charge >= 0.3 is 5.97 Å². The minimum absolute atomic E-state index is 0.392. The summed E-state index contributed by atoms with van der Waals surface area (Å²) in [4.78, 5) is 25.0. The van der Waals surface area contributed by atoms with Crippen molar-refractivity contribution in [1.82, 2.24) is 0 Å². The van der Waals surface area contributed by atoms with E-state index in [9.17, 15) is 14.0 Å². The molecule has 2 rings (SSSR count). The van der Waals surface area contributed by atoms with Crippen LogP contribution in [0.1, 0.15) is 17.3 Å². The summed E-state index contributed by atoms with van der Waals surface area (Å²) in [6.07, 6.45) is 0.888. The molecule has 0 saturated heterocycles. The number of halogens is 1. The zero-order valence-electron chi connectivity index (χ0n) is 12.7. The van der Waals surface area contributed by atoms with Crippen LogP contribution in [0.5, 0.6) is 0 Å². The normalized spacial score (nSPS) is 11.6. The summed E-state index contributed by atoms with van der Waals surface area (Å²) < 4.78 is 18.0. The Morgan fingerprint density at radius 1 is 1.13 bits per heavy atom. The molecule has 23 heavy (non-hydrogen) atoms. The highest BCUT2D eigenvalue weighted by atomic mass is 32.2. The minimum Gasteiger partial charge on any atom is -0.449 e. The van der Waals surface area contributed by atoms with Crippen molar-refractivity contribution in [2.75, 3.05) is 11.6 Å². The smallest absolute Gasteiger partial charge is 0.340 e. The Bertz CT molecular complexity index is 703. The van der Waals surface area contributed by atoms with E-state index in [0.29, 0.717) is 11.3 Å². The third-order valence-corrected chi connectivity index (χ3v) is 3.89. The maximum atomic E-state index is 12.8. The lowest BCUT2D eigenvalue weighted by molar-refractivity contribution is -0.123. The van der Waals surface area contributed by atoms with Gasteiger partial charge in [0.2, 0.25) is 0 Å². The van der Waals surface area contributed by atoms with E-state index in [2.05, 4.69) is 5.32 Å². The molecule has 0 spiro atoms. The molecule has 0 fully saturated rings. The Hall–Kier alpha value is -2.34. The molecule has 0 aliphatic carbocycles. The Morgan fingerprint density at radius 3 is 2.43 bits per heavy atom. The number of carbonyl (C=O) groups excluding carboxylic acids is 2. The zero-order valence-corrected chi connectivity index (χ0v) is 13.5. The third-order valence-electron chi connectivity index (χ3n) is 3.09. The second-order valence-corrected chi connectivity index (χ2v) is 5.59. The van der Waals surface area contributed by atoms with Gasteiger partial charge in [0, 0.05) is 10.6 Å². The highest BCUT2D eigenvalue weighted by molar-refractivity contribution is 7.98. The zero-order chi connectivity index (χ0) is 16.8. The van der Waals surface area contributed by atoms with Crippen molar-refractivity contribution in [3.8, 4) is 0 Å². The van der Waals surface area contributed by atoms with Crippen molar-refractivity contribution in [2.24, 2.45) is 0 Å². The van der Waals surface area contributed by atoms with E-state index in [-0.39, 0.29) is 0 Å². The van der Waals surface area contributed by atoms with Crippen LogP contribution < -0.4 is 5.32 Å². The molecule has 6 heteroatoms. The van der Waals surface area contributed by atoms with E-state index in [1.54, 1.807) is 12.1 Å². The Kier molecular flexibility index (Phi) is 5.76. The Balaban J connectivity index is 2.00. The first-order valence-corrected chi connectivity index (χ1v) is 8.14. The van der Waals surface area contributed by atoms with Crippen LogP contribution in [0.3, 0.4) is 0 Å². The molecule has 2 aromatic rings. The second kappa shape index (κ2) is 7.78. The van der Waals surface area contributed by atoms with Crippen molar-refractivity contribution in [1.29, 1.82) is 0 Å². The number of benzene rings is 2. The lowest BCUT2D eigenvalue weighted by Crippen LogP contribution is -2.30. The van der Waals surface area contributed by atoms with Gasteiger partial charge in [0.1, 0.15) is 5.82 Å². The number of ether oxygens (including phenoxy) is 1. The standard InChI is InChI=1S/C17H16FNO3S/c1-11(16(20)19-13-9-7-12(18)8-10-13)22-17(21)14-5-3-4-6-15(14)23-2/h3-11H,1-2H3,(H,19,20)/t11-/m1/s1. The first-order chi connectivity index (χ1) is 11.0. The molecule has 0 aliphatic heterocycles. The molecule has 0 aromatic heterocycles. The van der Waals surface area contributed by atoms with Crippen molar-refractivity contribution in [3.05, 3.63) is 59.9 Å². The number of anilines is 1. The van der Waals surface area contributed by atoms with Crippen LogP contribution in [0.2, 0.25) is 0 Å². The van der Waals surface area contributed by atoms with E-state index in [4.69, 9.17) is 4.74 Å². The summed E-state index contributed by atoms with van der Waals surface area (Å²) in [5.41, 5.74) is 0.852. The number of hydrogen-bond donors (Lipinski definition) is 1. The fourth-order valence-electron chi connectivity index (χ4n) is 1.87. The van der Waals surface area contributed by atoms with Gasteiger partial charge in [0.15, 0.2) is 6.10 Å². The average Bonchev–Trinajstić information content (AvgIpc) is 2.56. The van der Waals surface area contributed by atoms with E-state index < -0.39 is 23.8 Å². The van der Waals surface area contributed by atoms with Gasteiger partial charge in [-0.15, -0.1) is 11.8 Å². The number of hydrogen-bond acceptors (Lipinski definition) is 4. The topological polar surface area (TPSA) is 55.4 Å². The monoisotopic (exact) mass is 333 g/mol. The van der Waals surface area contributed by atoms with Gasteiger partial charge < -0.3 is 10.1 Å². The number of nitrogens with one attached hydrogen (secondary N) is 1. The summed E-state index contributed by atoms with van der Waals surface area (Å²) in [6.45, 7) is 1.48. The van der Waals surface area contributed by atoms with E-state index in [0.717, 1.165) is 4.90 Å². The van der Waals surface area contributed by atoms with Crippen LogP contribution in [0, 0.1) is 5.82 Å². The molecule has 1 N–H and O–H groups in total. The average molecular weight is 333 g/mol. The van der Waals surface area contributed by atoms with Gasteiger partial charge in [0.25, 0.3) is 5.91 Å². The molecular weight excluding hydrogens is 317 g/mol. The maximum absolute atomic E-state index is 12.8. The van der Waals surface area contributed by atoms with Crippen LogP contribution in [0.4, 0.5) is 10.1 Å². The lowest BCUT2D eigenvalue weighted by Gasteiger charge is -2.14. The number of amides is 1.